The van der Waals surface area contributed by atoms with Crippen LogP contribution in [0.15, 0.2) is 0 Å². The predicted octanol–water partition coefficient (Wildman–Crippen LogP) is -1.32. The zero-order valence-electron chi connectivity index (χ0n) is 8.89. The number of rotatable bonds is 2. The number of hydrogen-bond donors (Lipinski definition) is 3. The molecule has 1 aliphatic heterocycles. The Morgan fingerprint density at radius 1 is 1.33 bits per heavy atom. The van der Waals surface area contributed by atoms with Crippen LogP contribution in [-0.4, -0.2) is 51.9 Å². The predicted molar refractivity (Wildman–Crippen MR) is 53.9 cm³/mol. The van der Waals surface area contributed by atoms with E-state index in [9.17, 15) is 15.0 Å². The van der Waals surface area contributed by atoms with Crippen molar-refractivity contribution in [1.29, 1.82) is 0 Å². The van der Waals surface area contributed by atoms with Gasteiger partial charge in [0.05, 0.1) is 17.7 Å². The topological polar surface area (TPSA) is 86.8 Å². The van der Waals surface area contributed by atoms with Crippen molar-refractivity contribution in [2.45, 2.75) is 37.5 Å². The molecular formula is C10H18N2O3. The second kappa shape index (κ2) is 3.43. The number of aliphatic hydroxyl groups is 2. The highest BCUT2D eigenvalue weighted by Crippen LogP contribution is 2.39. The maximum atomic E-state index is 12.0. The molecular weight excluding hydrogens is 196 g/mol. The fourth-order valence-corrected chi connectivity index (χ4v) is 2.13. The molecule has 15 heavy (non-hydrogen) atoms. The average molecular weight is 214 g/mol. The Kier molecular flexibility index (Phi) is 2.48. The zero-order chi connectivity index (χ0) is 11.2. The van der Waals surface area contributed by atoms with Crippen LogP contribution in [0.5, 0.6) is 0 Å². The first-order valence-corrected chi connectivity index (χ1v) is 5.37. The Morgan fingerprint density at radius 2 is 1.80 bits per heavy atom. The molecule has 2 fully saturated rings. The van der Waals surface area contributed by atoms with E-state index in [0.29, 0.717) is 0 Å². The number of carbonyl (C=O) groups is 1. The summed E-state index contributed by atoms with van der Waals surface area (Å²) in [7, 11) is 0. The lowest BCUT2D eigenvalue weighted by Gasteiger charge is -2.28. The normalized spacial score (nSPS) is 35.3. The van der Waals surface area contributed by atoms with Crippen LogP contribution in [0.3, 0.4) is 0 Å². The molecule has 2 rings (SSSR count). The molecule has 0 aromatic carbocycles. The van der Waals surface area contributed by atoms with Gasteiger partial charge in [0.2, 0.25) is 5.91 Å². The number of nitrogens with two attached hydrogens (primary N) is 1. The monoisotopic (exact) mass is 214 g/mol. The highest BCUT2D eigenvalue weighted by molar-refractivity contribution is 5.86. The molecule has 2 aliphatic rings. The molecule has 5 nitrogen and oxygen atoms in total. The molecule has 1 heterocycles. The van der Waals surface area contributed by atoms with Gasteiger partial charge in [-0.1, -0.05) is 0 Å². The quantitative estimate of drug-likeness (QED) is 0.532. The number of amides is 1. The molecule has 3 atom stereocenters. The Balaban J connectivity index is 2.02. The summed E-state index contributed by atoms with van der Waals surface area (Å²) in [5, 5.41) is 18.7. The van der Waals surface area contributed by atoms with Crippen LogP contribution in [0.2, 0.25) is 0 Å². The van der Waals surface area contributed by atoms with E-state index in [0.717, 1.165) is 12.8 Å². The minimum absolute atomic E-state index is 0.152. The molecule has 5 heteroatoms. The number of likely N-dealkylation sites (tertiary alicyclic amines) is 1. The lowest BCUT2D eigenvalue weighted by molar-refractivity contribution is -0.136. The summed E-state index contributed by atoms with van der Waals surface area (Å²) in [5.41, 5.74) is 5.15. The van der Waals surface area contributed by atoms with Gasteiger partial charge >= 0.3 is 0 Å². The van der Waals surface area contributed by atoms with E-state index in [1.807, 2.05) is 0 Å². The van der Waals surface area contributed by atoms with Crippen molar-refractivity contribution in [3.8, 4) is 0 Å². The van der Waals surface area contributed by atoms with E-state index < -0.39 is 17.7 Å². The molecule has 4 N–H and O–H groups in total. The first kappa shape index (κ1) is 10.9. The first-order chi connectivity index (χ1) is 6.93. The van der Waals surface area contributed by atoms with Gasteiger partial charge in [0.15, 0.2) is 0 Å². The van der Waals surface area contributed by atoms with Gasteiger partial charge in [-0.2, -0.15) is 0 Å². The van der Waals surface area contributed by atoms with Crippen molar-refractivity contribution in [2.24, 2.45) is 11.7 Å². The molecule has 1 aliphatic carbocycles. The van der Waals surface area contributed by atoms with E-state index in [4.69, 9.17) is 5.73 Å². The number of nitrogens with zero attached hydrogens (tertiary/aromatic N) is 1. The third kappa shape index (κ3) is 1.87. The summed E-state index contributed by atoms with van der Waals surface area (Å²) in [6.45, 7) is 2.13. The van der Waals surface area contributed by atoms with E-state index in [1.165, 1.54) is 4.90 Å². The van der Waals surface area contributed by atoms with Gasteiger partial charge in [-0.25, -0.2) is 0 Å². The maximum Gasteiger partial charge on any atom is 0.242 e. The summed E-state index contributed by atoms with van der Waals surface area (Å²) in [5.74, 6) is 0.112. The highest BCUT2D eigenvalue weighted by Gasteiger charge is 2.47. The van der Waals surface area contributed by atoms with Crippen LogP contribution in [0.1, 0.15) is 19.8 Å². The molecule has 0 aromatic heterocycles. The molecule has 0 bridgehead atoms. The van der Waals surface area contributed by atoms with E-state index in [-0.39, 0.29) is 24.9 Å². The van der Waals surface area contributed by atoms with Crippen LogP contribution in [0.4, 0.5) is 0 Å². The molecule has 1 saturated carbocycles. The first-order valence-electron chi connectivity index (χ1n) is 5.37. The smallest absolute Gasteiger partial charge is 0.242 e. The summed E-state index contributed by atoms with van der Waals surface area (Å²) < 4.78 is 0. The van der Waals surface area contributed by atoms with E-state index >= 15 is 0 Å². The standard InChI is InChI=1S/C10H18N2O3/c1-10(11,6-2-3-6)9(15)12-4-7(13)8(14)5-12/h6-8,13-14H,2-5,11H2,1H3. The van der Waals surface area contributed by atoms with Crippen molar-refractivity contribution in [3.05, 3.63) is 0 Å². The van der Waals surface area contributed by atoms with Gasteiger partial charge in [0, 0.05) is 13.1 Å². The van der Waals surface area contributed by atoms with Gasteiger partial charge in [-0.15, -0.1) is 0 Å². The lowest BCUT2D eigenvalue weighted by Crippen LogP contribution is -2.54. The van der Waals surface area contributed by atoms with Crippen LogP contribution in [0.25, 0.3) is 0 Å². The summed E-state index contributed by atoms with van der Waals surface area (Å²) >= 11 is 0. The number of β-amino-alcohol motifs (C(OH)–C–C–N with tert-alkyl or cyclic N) is 2. The molecule has 1 saturated heterocycles. The summed E-state index contributed by atoms with van der Waals surface area (Å²) in [4.78, 5) is 13.5. The van der Waals surface area contributed by atoms with E-state index in [1.54, 1.807) is 6.92 Å². The molecule has 1 amide bonds. The Morgan fingerprint density at radius 3 is 2.20 bits per heavy atom. The lowest BCUT2D eigenvalue weighted by atomic mass is 9.95. The van der Waals surface area contributed by atoms with Crippen LogP contribution in [0, 0.1) is 5.92 Å². The Labute approximate surface area is 88.9 Å². The molecule has 0 radical (unpaired) electrons. The Hall–Kier alpha value is -0.650. The maximum absolute atomic E-state index is 12.0. The second-order valence-electron chi connectivity index (χ2n) is 4.90. The number of hydrogen-bond acceptors (Lipinski definition) is 4. The van der Waals surface area contributed by atoms with Crippen LogP contribution < -0.4 is 5.73 Å². The fourth-order valence-electron chi connectivity index (χ4n) is 2.13. The zero-order valence-corrected chi connectivity index (χ0v) is 8.89. The SMILES string of the molecule is CC(N)(C(=O)N1CC(O)C(O)C1)C1CC1. The van der Waals surface area contributed by atoms with Crippen molar-refractivity contribution in [2.75, 3.05) is 13.1 Å². The third-order valence-corrected chi connectivity index (χ3v) is 3.43. The van der Waals surface area contributed by atoms with Crippen molar-refractivity contribution >= 4 is 5.91 Å². The van der Waals surface area contributed by atoms with Crippen LogP contribution >= 0.6 is 0 Å². The largest absolute Gasteiger partial charge is 0.388 e. The van der Waals surface area contributed by atoms with Gasteiger partial charge in [0.25, 0.3) is 0 Å². The summed E-state index contributed by atoms with van der Waals surface area (Å²) in [6.07, 6.45) is 0.336. The molecule has 3 unspecified atom stereocenters. The van der Waals surface area contributed by atoms with Gasteiger partial charge in [-0.05, 0) is 25.7 Å². The van der Waals surface area contributed by atoms with Gasteiger partial charge in [0.1, 0.15) is 0 Å². The minimum Gasteiger partial charge on any atom is -0.388 e. The third-order valence-electron chi connectivity index (χ3n) is 3.43. The number of carbonyl (C=O) groups excluding carboxylic acids is 1. The minimum atomic E-state index is -0.830. The van der Waals surface area contributed by atoms with Crippen molar-refractivity contribution < 1.29 is 15.0 Å². The fraction of sp³-hybridized carbons (Fsp3) is 0.900. The Bertz CT molecular complexity index is 266. The van der Waals surface area contributed by atoms with Gasteiger partial charge in [-0.3, -0.25) is 4.79 Å². The molecule has 86 valence electrons. The average Bonchev–Trinajstić information content (AvgIpc) is 2.94. The molecule has 0 aromatic rings. The molecule has 0 spiro atoms. The van der Waals surface area contributed by atoms with Crippen molar-refractivity contribution in [3.63, 3.8) is 0 Å². The van der Waals surface area contributed by atoms with E-state index in [2.05, 4.69) is 0 Å². The summed E-state index contributed by atoms with van der Waals surface area (Å²) in [6, 6.07) is 0. The number of aliphatic hydroxyl groups excluding tert-OH is 2. The van der Waals surface area contributed by atoms with Gasteiger partial charge < -0.3 is 20.8 Å². The second-order valence-corrected chi connectivity index (χ2v) is 4.90. The highest BCUT2D eigenvalue weighted by atomic mass is 16.3. The van der Waals surface area contributed by atoms with Crippen LogP contribution in [-0.2, 0) is 4.79 Å². The van der Waals surface area contributed by atoms with Crippen molar-refractivity contribution in [1.82, 2.24) is 4.90 Å².